The summed E-state index contributed by atoms with van der Waals surface area (Å²) < 4.78 is 7.69. The largest absolute Gasteiger partial charge is 0.493 e. The highest BCUT2D eigenvalue weighted by atomic mass is 16.5. The van der Waals surface area contributed by atoms with E-state index in [2.05, 4.69) is 31.2 Å². The molecule has 0 unspecified atom stereocenters. The monoisotopic (exact) mass is 352 g/mol. The maximum Gasteiger partial charge on any atom is 0.222 e. The molecule has 0 bridgehead atoms. The summed E-state index contributed by atoms with van der Waals surface area (Å²) in [5, 5.41) is 14.1. The minimum Gasteiger partial charge on any atom is -0.493 e. The summed E-state index contributed by atoms with van der Waals surface area (Å²) in [6, 6.07) is 11.9. The van der Waals surface area contributed by atoms with Crippen LogP contribution in [0.5, 0.6) is 11.6 Å². The lowest BCUT2D eigenvalue weighted by Crippen LogP contribution is -2.09. The Kier molecular flexibility index (Phi) is 4.98. The molecule has 5 nitrogen and oxygen atoms in total. The van der Waals surface area contributed by atoms with Crippen LogP contribution in [0, 0.1) is 18.8 Å². The maximum absolute atomic E-state index is 11.2. The average Bonchev–Trinajstić information content (AvgIpc) is 2.85. The third kappa shape index (κ3) is 3.29. The Balaban J connectivity index is 1.86. The van der Waals surface area contributed by atoms with Crippen LogP contribution in [0.15, 0.2) is 41.6 Å². The van der Waals surface area contributed by atoms with Crippen LogP contribution < -0.4 is 4.74 Å². The van der Waals surface area contributed by atoms with Crippen LogP contribution in [0.3, 0.4) is 0 Å². The topological polar surface area (TPSA) is 63.8 Å². The summed E-state index contributed by atoms with van der Waals surface area (Å²) in [4.78, 5) is 11.2. The molecule has 0 radical (unpaired) electrons. The van der Waals surface area contributed by atoms with Crippen molar-refractivity contribution < 1.29 is 9.84 Å². The molecule has 3 aromatic rings. The van der Waals surface area contributed by atoms with Crippen LogP contribution in [-0.2, 0) is 6.54 Å². The first-order valence-electron chi connectivity index (χ1n) is 8.81. The van der Waals surface area contributed by atoms with Gasteiger partial charge in [0, 0.05) is 5.39 Å². The standard InChI is InChI=1S/C21H24N2O3/c1-13(2)16-7-5-15(4)12-19(16)26-10-9-23-18-8-6-14(3)11-17(18)20(22-25)21(23)24/h5-8,11-13,24H,9-10H2,1-4H3. The van der Waals surface area contributed by atoms with Gasteiger partial charge in [-0.3, -0.25) is 0 Å². The molecule has 5 heteroatoms. The van der Waals surface area contributed by atoms with Crippen LogP contribution in [0.4, 0.5) is 5.69 Å². The number of fused-ring (bicyclic) bond motifs is 1. The zero-order chi connectivity index (χ0) is 18.8. The van der Waals surface area contributed by atoms with Crippen LogP contribution in [0.1, 0.15) is 36.5 Å². The van der Waals surface area contributed by atoms with Gasteiger partial charge < -0.3 is 14.4 Å². The number of benzene rings is 2. The van der Waals surface area contributed by atoms with E-state index in [4.69, 9.17) is 4.74 Å². The number of rotatable bonds is 6. The third-order valence-electron chi connectivity index (χ3n) is 4.62. The zero-order valence-corrected chi connectivity index (χ0v) is 15.6. The van der Waals surface area contributed by atoms with E-state index < -0.39 is 0 Å². The van der Waals surface area contributed by atoms with E-state index in [1.54, 1.807) is 4.57 Å². The molecule has 136 valence electrons. The molecular weight excluding hydrogens is 328 g/mol. The normalized spacial score (nSPS) is 11.3. The van der Waals surface area contributed by atoms with Gasteiger partial charge in [-0.15, -0.1) is 4.91 Å². The predicted molar refractivity (Wildman–Crippen MR) is 105 cm³/mol. The number of nitrogens with zero attached hydrogens (tertiary/aromatic N) is 2. The molecule has 26 heavy (non-hydrogen) atoms. The Morgan fingerprint density at radius 3 is 2.50 bits per heavy atom. The van der Waals surface area contributed by atoms with Crippen molar-refractivity contribution in [3.05, 3.63) is 58.0 Å². The van der Waals surface area contributed by atoms with Crippen LogP contribution >= 0.6 is 0 Å². The summed E-state index contributed by atoms with van der Waals surface area (Å²) in [5.74, 6) is 1.11. The number of ether oxygens (including phenoxy) is 1. The van der Waals surface area contributed by atoms with Gasteiger partial charge in [0.1, 0.15) is 12.4 Å². The van der Waals surface area contributed by atoms with Crippen LogP contribution in [0.2, 0.25) is 0 Å². The molecular formula is C21H24N2O3. The molecule has 0 aliphatic heterocycles. The molecule has 2 aromatic carbocycles. The lowest BCUT2D eigenvalue weighted by Gasteiger charge is -2.15. The quantitative estimate of drug-likeness (QED) is 0.590. The molecule has 0 fully saturated rings. The fourth-order valence-electron chi connectivity index (χ4n) is 3.24. The van der Waals surface area contributed by atoms with E-state index in [0.717, 1.165) is 28.0 Å². The maximum atomic E-state index is 11.2. The highest BCUT2D eigenvalue weighted by molar-refractivity contribution is 5.95. The Morgan fingerprint density at radius 2 is 1.81 bits per heavy atom. The average molecular weight is 352 g/mol. The Hall–Kier alpha value is -2.82. The molecule has 0 aliphatic carbocycles. The smallest absolute Gasteiger partial charge is 0.222 e. The fraction of sp³-hybridized carbons (Fsp3) is 0.333. The third-order valence-corrected chi connectivity index (χ3v) is 4.62. The first-order valence-corrected chi connectivity index (χ1v) is 8.81. The Bertz CT molecular complexity index is 958. The van der Waals surface area contributed by atoms with Gasteiger partial charge in [-0.05, 0) is 54.3 Å². The lowest BCUT2D eigenvalue weighted by atomic mass is 10.0. The SMILES string of the molecule is Cc1ccc(C(C)C)c(OCCn2c(O)c(N=O)c3cc(C)ccc32)c1. The van der Waals surface area contributed by atoms with Gasteiger partial charge in [-0.1, -0.05) is 37.6 Å². The molecule has 3 rings (SSSR count). The van der Waals surface area contributed by atoms with Crippen molar-refractivity contribution in [2.75, 3.05) is 6.61 Å². The van der Waals surface area contributed by atoms with E-state index in [0.29, 0.717) is 24.5 Å². The van der Waals surface area contributed by atoms with E-state index in [1.807, 2.05) is 38.1 Å². The van der Waals surface area contributed by atoms with E-state index in [9.17, 15) is 10.0 Å². The highest BCUT2D eigenvalue weighted by Crippen LogP contribution is 2.38. The first-order chi connectivity index (χ1) is 12.4. The van der Waals surface area contributed by atoms with Crippen molar-refractivity contribution >= 4 is 16.6 Å². The molecule has 0 spiro atoms. The van der Waals surface area contributed by atoms with Gasteiger partial charge in [-0.25, -0.2) is 0 Å². The van der Waals surface area contributed by atoms with Gasteiger partial charge in [0.2, 0.25) is 5.88 Å². The second kappa shape index (κ2) is 7.20. The number of nitroso groups, excluding NO2 is 1. The molecule has 0 aliphatic rings. The van der Waals surface area contributed by atoms with Crippen molar-refractivity contribution in [3.63, 3.8) is 0 Å². The number of aryl methyl sites for hydroxylation is 2. The van der Waals surface area contributed by atoms with Gasteiger partial charge >= 0.3 is 0 Å². The number of aromatic hydroxyl groups is 1. The van der Waals surface area contributed by atoms with Crippen molar-refractivity contribution in [2.24, 2.45) is 5.18 Å². The van der Waals surface area contributed by atoms with Gasteiger partial charge in [-0.2, -0.15) is 0 Å². The van der Waals surface area contributed by atoms with Gasteiger partial charge in [0.15, 0.2) is 5.69 Å². The number of aromatic nitrogens is 1. The molecule has 1 aromatic heterocycles. The summed E-state index contributed by atoms with van der Waals surface area (Å²) in [6.07, 6.45) is 0. The summed E-state index contributed by atoms with van der Waals surface area (Å²) >= 11 is 0. The molecule has 0 amide bonds. The fourth-order valence-corrected chi connectivity index (χ4v) is 3.24. The van der Waals surface area contributed by atoms with E-state index in [1.165, 1.54) is 0 Å². The van der Waals surface area contributed by atoms with Gasteiger partial charge in [0.05, 0.1) is 12.1 Å². The summed E-state index contributed by atoms with van der Waals surface area (Å²) in [6.45, 7) is 9.04. The van der Waals surface area contributed by atoms with E-state index in [-0.39, 0.29) is 11.6 Å². The van der Waals surface area contributed by atoms with Crippen LogP contribution in [0.25, 0.3) is 10.9 Å². The van der Waals surface area contributed by atoms with Crippen LogP contribution in [-0.4, -0.2) is 16.3 Å². The van der Waals surface area contributed by atoms with E-state index >= 15 is 0 Å². The first kappa shape index (κ1) is 18.0. The molecule has 0 atom stereocenters. The number of hydrogen-bond acceptors (Lipinski definition) is 4. The second-order valence-corrected chi connectivity index (χ2v) is 6.98. The van der Waals surface area contributed by atoms with Crippen molar-refractivity contribution in [1.29, 1.82) is 0 Å². The molecule has 0 saturated carbocycles. The minimum atomic E-state index is -0.113. The van der Waals surface area contributed by atoms with Crippen molar-refractivity contribution in [3.8, 4) is 11.6 Å². The Morgan fingerprint density at radius 1 is 1.12 bits per heavy atom. The minimum absolute atomic E-state index is 0.0853. The molecule has 1 N–H and O–H groups in total. The zero-order valence-electron chi connectivity index (χ0n) is 15.6. The summed E-state index contributed by atoms with van der Waals surface area (Å²) in [7, 11) is 0. The molecule has 1 heterocycles. The lowest BCUT2D eigenvalue weighted by molar-refractivity contribution is 0.287. The highest BCUT2D eigenvalue weighted by Gasteiger charge is 2.17. The predicted octanol–water partition coefficient (Wildman–Crippen LogP) is 5.56. The summed E-state index contributed by atoms with van der Waals surface area (Å²) in [5.41, 5.74) is 4.17. The van der Waals surface area contributed by atoms with Gasteiger partial charge in [0.25, 0.3) is 0 Å². The Labute approximate surface area is 153 Å². The number of hydrogen-bond donors (Lipinski definition) is 1. The molecule has 0 saturated heterocycles. The second-order valence-electron chi connectivity index (χ2n) is 6.98. The van der Waals surface area contributed by atoms with Crippen molar-refractivity contribution in [1.82, 2.24) is 4.57 Å². The van der Waals surface area contributed by atoms with Crippen molar-refractivity contribution in [2.45, 2.75) is 40.2 Å².